The van der Waals surface area contributed by atoms with Crippen LogP contribution < -0.4 is 9.64 Å². The third-order valence-corrected chi connectivity index (χ3v) is 5.29. The molecule has 0 saturated heterocycles. The van der Waals surface area contributed by atoms with Crippen molar-refractivity contribution >= 4 is 11.7 Å². The Balaban J connectivity index is 0.00000117. The number of carbonyl (C=O) groups is 1. The molecule has 0 radical (unpaired) electrons. The average molecular weight is 363 g/mol. The van der Waals surface area contributed by atoms with Crippen molar-refractivity contribution in [1.29, 1.82) is 0 Å². The fourth-order valence-electron chi connectivity index (χ4n) is 3.70. The molecule has 1 aliphatic heterocycles. The molecule has 146 valence electrons. The summed E-state index contributed by atoms with van der Waals surface area (Å²) >= 11 is 0. The predicted octanol–water partition coefficient (Wildman–Crippen LogP) is 4.12. The summed E-state index contributed by atoms with van der Waals surface area (Å²) in [6, 6.07) is 2.03. The Morgan fingerprint density at radius 3 is 2.69 bits per heavy atom. The van der Waals surface area contributed by atoms with Gasteiger partial charge in [0.2, 0.25) is 5.91 Å². The van der Waals surface area contributed by atoms with E-state index in [1.54, 1.807) is 6.20 Å². The minimum absolute atomic E-state index is 0.140. The second-order valence-corrected chi connectivity index (χ2v) is 7.21. The zero-order valence-electron chi connectivity index (χ0n) is 16.8. The number of hydrogen-bond acceptors (Lipinski definition) is 4. The maximum absolute atomic E-state index is 12.4. The number of ether oxygens (including phenoxy) is 1. The fraction of sp³-hybridized carbons (Fsp3) is 0.714. The Labute approximate surface area is 157 Å². The van der Waals surface area contributed by atoms with Gasteiger partial charge >= 0.3 is 0 Å². The normalized spacial score (nSPS) is 24.3. The number of rotatable bonds is 7. The minimum Gasteiger partial charge on any atom is -0.492 e. The molecule has 0 aromatic carbocycles. The number of amides is 1. The molecule has 0 spiro atoms. The van der Waals surface area contributed by atoms with E-state index in [0.717, 1.165) is 55.7 Å². The number of hydrogen-bond donors (Lipinski definition) is 1. The zero-order chi connectivity index (χ0) is 19.2. The Morgan fingerprint density at radius 2 is 2.04 bits per heavy atom. The van der Waals surface area contributed by atoms with Crippen molar-refractivity contribution in [3.63, 3.8) is 0 Å². The molecule has 2 aliphatic rings. The lowest BCUT2D eigenvalue weighted by Gasteiger charge is -2.45. The van der Waals surface area contributed by atoms with Gasteiger partial charge in [0, 0.05) is 13.0 Å². The molecule has 1 aromatic rings. The molecule has 0 atom stereocenters. The van der Waals surface area contributed by atoms with E-state index < -0.39 is 5.60 Å². The van der Waals surface area contributed by atoms with Gasteiger partial charge in [-0.25, -0.2) is 4.98 Å². The minimum atomic E-state index is -0.517. The second kappa shape index (κ2) is 9.36. The van der Waals surface area contributed by atoms with Crippen LogP contribution in [0, 0.1) is 5.92 Å². The first-order chi connectivity index (χ1) is 12.5. The summed E-state index contributed by atoms with van der Waals surface area (Å²) in [5.41, 5.74) is 0.574. The summed E-state index contributed by atoms with van der Waals surface area (Å²) in [6.45, 7) is 9.52. The summed E-state index contributed by atoms with van der Waals surface area (Å²) in [5.74, 6) is 2.08. The molecule has 5 nitrogen and oxygen atoms in total. The highest BCUT2D eigenvalue weighted by Crippen LogP contribution is 2.41. The highest BCUT2D eigenvalue weighted by atomic mass is 16.5. The first kappa shape index (κ1) is 20.7. The van der Waals surface area contributed by atoms with E-state index in [-0.39, 0.29) is 5.91 Å². The van der Waals surface area contributed by atoms with Gasteiger partial charge in [0.1, 0.15) is 11.6 Å². The largest absolute Gasteiger partial charge is 0.492 e. The Hall–Kier alpha value is -1.62. The van der Waals surface area contributed by atoms with Crippen molar-refractivity contribution in [1.82, 2.24) is 4.98 Å². The topological polar surface area (TPSA) is 62.7 Å². The van der Waals surface area contributed by atoms with E-state index in [0.29, 0.717) is 25.5 Å². The van der Waals surface area contributed by atoms with Gasteiger partial charge in [-0.15, -0.1) is 0 Å². The van der Waals surface area contributed by atoms with Crippen molar-refractivity contribution in [3.8, 4) is 5.75 Å². The summed E-state index contributed by atoms with van der Waals surface area (Å²) in [5, 5.41) is 10.2. The molecular weight excluding hydrogens is 328 g/mol. The summed E-state index contributed by atoms with van der Waals surface area (Å²) in [7, 11) is 0. The number of fused-ring (bicyclic) bond motifs is 1. The average Bonchev–Trinajstić information content (AvgIpc) is 2.64. The number of aliphatic hydroxyl groups is 1. The van der Waals surface area contributed by atoms with Gasteiger partial charge in [-0.2, -0.15) is 0 Å². The number of carbonyl (C=O) groups excluding carboxylic acids is 1. The van der Waals surface area contributed by atoms with Crippen LogP contribution in [0.5, 0.6) is 5.75 Å². The predicted molar refractivity (Wildman–Crippen MR) is 105 cm³/mol. The highest BCUT2D eigenvalue weighted by Gasteiger charge is 2.42. The Morgan fingerprint density at radius 1 is 1.31 bits per heavy atom. The van der Waals surface area contributed by atoms with Crippen LogP contribution in [0.3, 0.4) is 0 Å². The summed E-state index contributed by atoms with van der Waals surface area (Å²) in [6.07, 6.45) is 7.45. The quantitative estimate of drug-likeness (QED) is 0.741. The van der Waals surface area contributed by atoms with Crippen molar-refractivity contribution in [2.45, 2.75) is 78.2 Å². The van der Waals surface area contributed by atoms with Crippen LogP contribution in [0.1, 0.15) is 71.8 Å². The lowest BCUT2D eigenvalue weighted by atomic mass is 9.69. The standard InChI is InChI=1S/C19H28N2O3.C2H6/c1-3-5-8-24-16-9-15-6-7-17(22)21(18(15)20-12-16)13-14-10-19(23,4-2)11-14;1-2/h9,12,14,23H,3-8,10-11,13H2,1-2H3;1-2H3. The van der Waals surface area contributed by atoms with E-state index in [1.807, 2.05) is 31.7 Å². The Kier molecular flexibility index (Phi) is 7.44. The third kappa shape index (κ3) is 4.76. The first-order valence-electron chi connectivity index (χ1n) is 10.2. The zero-order valence-corrected chi connectivity index (χ0v) is 16.8. The molecule has 3 rings (SSSR count). The summed E-state index contributed by atoms with van der Waals surface area (Å²) in [4.78, 5) is 18.7. The molecule has 1 saturated carbocycles. The molecular formula is C21H34N2O3. The van der Waals surface area contributed by atoms with Crippen LogP contribution in [-0.4, -0.2) is 34.8 Å². The number of nitrogens with zero attached hydrogens (tertiary/aromatic N) is 2. The SMILES string of the molecule is CC.CCCCOc1cnc2c(c1)CCC(=O)N2CC1CC(O)(CC)C1. The second-order valence-electron chi connectivity index (χ2n) is 7.21. The maximum atomic E-state index is 12.4. The van der Waals surface area contributed by atoms with E-state index >= 15 is 0 Å². The van der Waals surface area contributed by atoms with Gasteiger partial charge in [0.05, 0.1) is 18.4 Å². The number of aromatic nitrogens is 1. The molecule has 1 aliphatic carbocycles. The Bertz CT molecular complexity index is 597. The lowest BCUT2D eigenvalue weighted by Crippen LogP contribution is -2.50. The first-order valence-corrected chi connectivity index (χ1v) is 10.2. The van der Waals surface area contributed by atoms with Crippen LogP contribution in [0.4, 0.5) is 5.82 Å². The molecule has 26 heavy (non-hydrogen) atoms. The van der Waals surface area contributed by atoms with Gasteiger partial charge in [0.15, 0.2) is 0 Å². The van der Waals surface area contributed by atoms with Crippen molar-refractivity contribution in [2.75, 3.05) is 18.1 Å². The molecule has 1 fully saturated rings. The van der Waals surface area contributed by atoms with Crippen LogP contribution in [0.2, 0.25) is 0 Å². The van der Waals surface area contributed by atoms with Crippen LogP contribution >= 0.6 is 0 Å². The summed E-state index contributed by atoms with van der Waals surface area (Å²) < 4.78 is 5.73. The van der Waals surface area contributed by atoms with Crippen molar-refractivity contribution in [2.24, 2.45) is 5.92 Å². The number of aryl methyl sites for hydroxylation is 1. The molecule has 0 bridgehead atoms. The fourth-order valence-corrected chi connectivity index (χ4v) is 3.70. The number of anilines is 1. The van der Waals surface area contributed by atoms with Gasteiger partial charge in [0.25, 0.3) is 0 Å². The van der Waals surface area contributed by atoms with Gasteiger partial charge in [-0.3, -0.25) is 9.69 Å². The molecule has 5 heteroatoms. The number of unbranched alkanes of at least 4 members (excludes halogenated alkanes) is 1. The van der Waals surface area contributed by atoms with Crippen LogP contribution in [0.15, 0.2) is 12.3 Å². The number of pyridine rings is 1. The van der Waals surface area contributed by atoms with Gasteiger partial charge < -0.3 is 9.84 Å². The van der Waals surface area contributed by atoms with Crippen molar-refractivity contribution in [3.05, 3.63) is 17.8 Å². The van der Waals surface area contributed by atoms with Crippen molar-refractivity contribution < 1.29 is 14.6 Å². The molecule has 0 unspecified atom stereocenters. The van der Waals surface area contributed by atoms with E-state index in [2.05, 4.69) is 11.9 Å². The molecule has 2 heterocycles. The molecule has 1 N–H and O–H groups in total. The van der Waals surface area contributed by atoms with E-state index in [4.69, 9.17) is 4.74 Å². The van der Waals surface area contributed by atoms with E-state index in [1.165, 1.54) is 0 Å². The molecule has 1 amide bonds. The van der Waals surface area contributed by atoms with Gasteiger partial charge in [-0.05, 0) is 49.7 Å². The van der Waals surface area contributed by atoms with Crippen LogP contribution in [-0.2, 0) is 11.2 Å². The third-order valence-electron chi connectivity index (χ3n) is 5.29. The van der Waals surface area contributed by atoms with Crippen LogP contribution in [0.25, 0.3) is 0 Å². The monoisotopic (exact) mass is 362 g/mol. The lowest BCUT2D eigenvalue weighted by molar-refractivity contribution is -0.120. The molecule has 1 aromatic heterocycles. The maximum Gasteiger partial charge on any atom is 0.228 e. The van der Waals surface area contributed by atoms with E-state index in [9.17, 15) is 9.90 Å². The highest BCUT2D eigenvalue weighted by molar-refractivity contribution is 5.95. The smallest absolute Gasteiger partial charge is 0.228 e. The van der Waals surface area contributed by atoms with Gasteiger partial charge in [-0.1, -0.05) is 34.1 Å².